The van der Waals surface area contributed by atoms with Gasteiger partial charge in [0.2, 0.25) is 0 Å². The van der Waals surface area contributed by atoms with Crippen LogP contribution < -0.4 is 10.5 Å². The molecule has 0 fully saturated rings. The minimum Gasteiger partial charge on any atom is -0.493 e. The molecule has 0 amide bonds. The Morgan fingerprint density at radius 1 is 1.39 bits per heavy atom. The molecule has 1 aromatic carbocycles. The van der Waals surface area contributed by atoms with Crippen molar-refractivity contribution in [3.63, 3.8) is 0 Å². The Balaban J connectivity index is 2.27. The summed E-state index contributed by atoms with van der Waals surface area (Å²) in [5, 5.41) is 0. The van der Waals surface area contributed by atoms with E-state index < -0.39 is 0 Å². The lowest BCUT2D eigenvalue weighted by molar-refractivity contribution is 0.0554. The standard InChI is InChI=1S/C14H21NO2S/c1-3-11(2)16-8-5-9-17-13-7-4-6-12(10-13)14(15)18/h4,6-7,10-11H,3,5,8-9H2,1-2H3,(H2,15,18). The van der Waals surface area contributed by atoms with Crippen molar-refractivity contribution in [1.82, 2.24) is 0 Å². The zero-order valence-corrected chi connectivity index (χ0v) is 11.8. The summed E-state index contributed by atoms with van der Waals surface area (Å²) in [6, 6.07) is 7.52. The van der Waals surface area contributed by atoms with Crippen LogP contribution in [0.1, 0.15) is 32.3 Å². The third-order valence-corrected chi connectivity index (χ3v) is 2.89. The van der Waals surface area contributed by atoms with Crippen molar-refractivity contribution in [2.45, 2.75) is 32.8 Å². The van der Waals surface area contributed by atoms with Crippen LogP contribution in [0.15, 0.2) is 24.3 Å². The molecule has 1 aromatic rings. The van der Waals surface area contributed by atoms with E-state index in [2.05, 4.69) is 13.8 Å². The van der Waals surface area contributed by atoms with Gasteiger partial charge in [-0.25, -0.2) is 0 Å². The summed E-state index contributed by atoms with van der Waals surface area (Å²) >= 11 is 4.92. The summed E-state index contributed by atoms with van der Waals surface area (Å²) in [6.07, 6.45) is 2.24. The monoisotopic (exact) mass is 267 g/mol. The zero-order valence-electron chi connectivity index (χ0n) is 11.0. The first kappa shape index (κ1) is 14.9. The maximum Gasteiger partial charge on any atom is 0.119 e. The Kier molecular flexibility index (Phi) is 6.68. The van der Waals surface area contributed by atoms with Crippen molar-refractivity contribution in [2.24, 2.45) is 5.73 Å². The lowest BCUT2D eigenvalue weighted by atomic mass is 10.2. The molecule has 18 heavy (non-hydrogen) atoms. The van der Waals surface area contributed by atoms with Gasteiger partial charge in [-0.3, -0.25) is 0 Å². The minimum atomic E-state index is 0.322. The van der Waals surface area contributed by atoms with Crippen LogP contribution in [0.3, 0.4) is 0 Å². The van der Waals surface area contributed by atoms with E-state index in [0.29, 0.717) is 17.7 Å². The van der Waals surface area contributed by atoms with Gasteiger partial charge < -0.3 is 15.2 Å². The number of thiocarbonyl (C=S) groups is 1. The van der Waals surface area contributed by atoms with Gasteiger partial charge in [-0.05, 0) is 25.5 Å². The predicted octanol–water partition coefficient (Wildman–Crippen LogP) is 2.90. The molecule has 1 unspecified atom stereocenters. The molecule has 0 saturated carbocycles. The van der Waals surface area contributed by atoms with Crippen LogP contribution in [0.2, 0.25) is 0 Å². The van der Waals surface area contributed by atoms with Crippen molar-refractivity contribution < 1.29 is 9.47 Å². The second kappa shape index (κ2) is 8.06. The van der Waals surface area contributed by atoms with Crippen molar-refractivity contribution in [3.05, 3.63) is 29.8 Å². The van der Waals surface area contributed by atoms with E-state index in [1.165, 1.54) is 0 Å². The van der Waals surface area contributed by atoms with Crippen molar-refractivity contribution in [1.29, 1.82) is 0 Å². The summed E-state index contributed by atoms with van der Waals surface area (Å²) in [4.78, 5) is 0.389. The molecule has 1 rings (SSSR count). The van der Waals surface area contributed by atoms with Crippen LogP contribution in [-0.2, 0) is 4.74 Å². The minimum absolute atomic E-state index is 0.322. The fourth-order valence-electron chi connectivity index (χ4n) is 1.39. The average Bonchev–Trinajstić information content (AvgIpc) is 2.38. The molecular formula is C14H21NO2S. The average molecular weight is 267 g/mol. The second-order valence-corrected chi connectivity index (χ2v) is 4.62. The molecular weight excluding hydrogens is 246 g/mol. The summed E-state index contributed by atoms with van der Waals surface area (Å²) in [6.45, 7) is 5.55. The van der Waals surface area contributed by atoms with Gasteiger partial charge in [0.1, 0.15) is 10.7 Å². The van der Waals surface area contributed by atoms with Gasteiger partial charge in [-0.15, -0.1) is 0 Å². The molecule has 2 N–H and O–H groups in total. The SMILES string of the molecule is CCC(C)OCCCOc1cccc(C(N)=S)c1. The third-order valence-electron chi connectivity index (χ3n) is 2.65. The maximum atomic E-state index is 5.62. The molecule has 4 heteroatoms. The van der Waals surface area contributed by atoms with Crippen molar-refractivity contribution in [2.75, 3.05) is 13.2 Å². The summed E-state index contributed by atoms with van der Waals surface area (Å²) in [7, 11) is 0. The van der Waals surface area contributed by atoms with E-state index in [9.17, 15) is 0 Å². The molecule has 0 saturated heterocycles. The molecule has 0 aliphatic heterocycles. The summed E-state index contributed by atoms with van der Waals surface area (Å²) in [5.41, 5.74) is 6.40. The van der Waals surface area contributed by atoms with Gasteiger partial charge in [0, 0.05) is 12.0 Å². The Hall–Kier alpha value is -1.13. The molecule has 0 spiro atoms. The van der Waals surface area contributed by atoms with Gasteiger partial charge in [0.05, 0.1) is 19.3 Å². The van der Waals surface area contributed by atoms with Gasteiger partial charge in [0.25, 0.3) is 0 Å². The number of nitrogens with two attached hydrogens (primary N) is 1. The van der Waals surface area contributed by atoms with Gasteiger partial charge in [-0.1, -0.05) is 31.3 Å². The first-order valence-electron chi connectivity index (χ1n) is 6.27. The van der Waals surface area contributed by atoms with Gasteiger partial charge in [0.15, 0.2) is 0 Å². The molecule has 0 aromatic heterocycles. The van der Waals surface area contributed by atoms with Crippen LogP contribution in [0, 0.1) is 0 Å². The predicted molar refractivity (Wildman–Crippen MR) is 78.1 cm³/mol. The quantitative estimate of drug-likeness (QED) is 0.581. The Morgan fingerprint density at radius 2 is 2.17 bits per heavy atom. The van der Waals surface area contributed by atoms with Crippen LogP contribution in [-0.4, -0.2) is 24.3 Å². The third kappa shape index (κ3) is 5.47. The first-order valence-corrected chi connectivity index (χ1v) is 6.68. The van der Waals surface area contributed by atoms with Gasteiger partial charge >= 0.3 is 0 Å². The molecule has 0 heterocycles. The van der Waals surface area contributed by atoms with E-state index in [-0.39, 0.29) is 0 Å². The number of benzene rings is 1. The van der Waals surface area contributed by atoms with Crippen LogP contribution in [0.5, 0.6) is 5.75 Å². The summed E-state index contributed by atoms with van der Waals surface area (Å²) in [5.74, 6) is 0.795. The normalized spacial score (nSPS) is 12.1. The molecule has 0 aliphatic rings. The van der Waals surface area contributed by atoms with Crippen LogP contribution >= 0.6 is 12.2 Å². The smallest absolute Gasteiger partial charge is 0.119 e. The fraction of sp³-hybridized carbons (Fsp3) is 0.500. The highest BCUT2D eigenvalue weighted by molar-refractivity contribution is 7.80. The lowest BCUT2D eigenvalue weighted by Crippen LogP contribution is -2.11. The highest BCUT2D eigenvalue weighted by atomic mass is 32.1. The van der Waals surface area contributed by atoms with Crippen LogP contribution in [0.25, 0.3) is 0 Å². The van der Waals surface area contributed by atoms with E-state index in [0.717, 1.165) is 30.8 Å². The molecule has 3 nitrogen and oxygen atoms in total. The highest BCUT2D eigenvalue weighted by Gasteiger charge is 2.00. The second-order valence-electron chi connectivity index (χ2n) is 4.18. The Bertz CT molecular complexity index is 382. The maximum absolute atomic E-state index is 5.62. The largest absolute Gasteiger partial charge is 0.493 e. The molecule has 1 atom stereocenters. The highest BCUT2D eigenvalue weighted by Crippen LogP contribution is 2.13. The van der Waals surface area contributed by atoms with E-state index in [1.54, 1.807) is 0 Å². The fourth-order valence-corrected chi connectivity index (χ4v) is 1.52. The number of rotatable bonds is 8. The first-order chi connectivity index (χ1) is 8.63. The number of hydrogen-bond acceptors (Lipinski definition) is 3. The van der Waals surface area contributed by atoms with Crippen molar-refractivity contribution in [3.8, 4) is 5.75 Å². The van der Waals surface area contributed by atoms with Gasteiger partial charge in [-0.2, -0.15) is 0 Å². The van der Waals surface area contributed by atoms with Crippen molar-refractivity contribution >= 4 is 17.2 Å². The van der Waals surface area contributed by atoms with E-state index in [1.807, 2.05) is 24.3 Å². The molecule has 0 aliphatic carbocycles. The van der Waals surface area contributed by atoms with E-state index in [4.69, 9.17) is 27.4 Å². The zero-order chi connectivity index (χ0) is 13.4. The van der Waals surface area contributed by atoms with E-state index >= 15 is 0 Å². The number of hydrogen-bond donors (Lipinski definition) is 1. The van der Waals surface area contributed by atoms with Crippen LogP contribution in [0.4, 0.5) is 0 Å². The Labute approximate surface area is 114 Å². The topological polar surface area (TPSA) is 44.5 Å². The molecule has 100 valence electrons. The molecule has 0 bridgehead atoms. The number of ether oxygens (including phenoxy) is 2. The summed E-state index contributed by atoms with van der Waals surface area (Å²) < 4.78 is 11.2. The lowest BCUT2D eigenvalue weighted by Gasteiger charge is -2.11. The molecule has 0 radical (unpaired) electrons. The Morgan fingerprint density at radius 3 is 2.83 bits per heavy atom.